The normalized spacial score (nSPS) is 12.2. The van der Waals surface area contributed by atoms with E-state index in [0.717, 1.165) is 25.7 Å². The summed E-state index contributed by atoms with van der Waals surface area (Å²) in [5.41, 5.74) is 0. The molecule has 0 radical (unpaired) electrons. The van der Waals surface area contributed by atoms with Crippen LogP contribution in [0.4, 0.5) is 0 Å². The van der Waals surface area contributed by atoms with Crippen molar-refractivity contribution in [3.05, 3.63) is 12.2 Å². The molecule has 1 N–H and O–H groups in total. The van der Waals surface area contributed by atoms with Crippen LogP contribution in [0.5, 0.6) is 0 Å². The smallest absolute Gasteiger partial charge is 0.306 e. The fourth-order valence-electron chi connectivity index (χ4n) is 2.99. The molecule has 29 heavy (non-hydrogen) atoms. The maximum Gasteiger partial charge on any atom is 0.306 e. The Morgan fingerprint density at radius 3 is 1.93 bits per heavy atom. The highest BCUT2D eigenvalue weighted by molar-refractivity contribution is 5.70. The van der Waals surface area contributed by atoms with Crippen LogP contribution in [0, 0.1) is 0 Å². The standard InChI is InChI=1S/C24H44O5/c1-3-5-6-7-8-9-10-11-12-13-14-15-16-17-19-24(27)29-22(20-25)21-28-23(26)18-4-2/h10-11,22,25H,3-9,12-21H2,1-2H3/b11-10-. The lowest BCUT2D eigenvalue weighted by Crippen LogP contribution is -2.28. The average molecular weight is 413 g/mol. The van der Waals surface area contributed by atoms with Crippen molar-refractivity contribution >= 4 is 11.9 Å². The van der Waals surface area contributed by atoms with Crippen LogP contribution in [0.2, 0.25) is 0 Å². The lowest BCUT2D eigenvalue weighted by atomic mass is 10.1. The summed E-state index contributed by atoms with van der Waals surface area (Å²) in [6.45, 7) is 3.72. The Balaban J connectivity index is 3.53. The highest BCUT2D eigenvalue weighted by atomic mass is 16.6. The van der Waals surface area contributed by atoms with Crippen molar-refractivity contribution in [1.82, 2.24) is 0 Å². The number of hydrogen-bond donors (Lipinski definition) is 1. The molecule has 0 spiro atoms. The summed E-state index contributed by atoms with van der Waals surface area (Å²) < 4.78 is 10.1. The molecule has 0 aliphatic rings. The van der Waals surface area contributed by atoms with Crippen molar-refractivity contribution < 1.29 is 24.2 Å². The molecule has 0 aromatic carbocycles. The first kappa shape index (κ1) is 27.6. The Kier molecular flexibility index (Phi) is 20.3. The summed E-state index contributed by atoms with van der Waals surface area (Å²) in [6, 6.07) is 0. The lowest BCUT2D eigenvalue weighted by molar-refractivity contribution is -0.161. The number of esters is 2. The monoisotopic (exact) mass is 412 g/mol. The first-order chi connectivity index (χ1) is 14.1. The minimum absolute atomic E-state index is 0.0761. The largest absolute Gasteiger partial charge is 0.462 e. The zero-order chi connectivity index (χ0) is 21.6. The molecular weight excluding hydrogens is 368 g/mol. The molecule has 0 saturated heterocycles. The van der Waals surface area contributed by atoms with Gasteiger partial charge in [0.2, 0.25) is 0 Å². The first-order valence-electron chi connectivity index (χ1n) is 11.7. The number of rotatable bonds is 20. The Morgan fingerprint density at radius 1 is 0.759 bits per heavy atom. The van der Waals surface area contributed by atoms with Gasteiger partial charge in [-0.2, -0.15) is 0 Å². The fraction of sp³-hybridized carbons (Fsp3) is 0.833. The van der Waals surface area contributed by atoms with Crippen molar-refractivity contribution in [3.8, 4) is 0 Å². The Labute approximate surface area is 178 Å². The number of hydrogen-bond acceptors (Lipinski definition) is 5. The van der Waals surface area contributed by atoms with Gasteiger partial charge < -0.3 is 14.6 Å². The van der Waals surface area contributed by atoms with Crippen molar-refractivity contribution in [2.45, 2.75) is 116 Å². The van der Waals surface area contributed by atoms with Gasteiger partial charge in [-0.15, -0.1) is 0 Å². The molecule has 170 valence electrons. The van der Waals surface area contributed by atoms with Gasteiger partial charge in [0.05, 0.1) is 6.61 Å². The fourth-order valence-corrected chi connectivity index (χ4v) is 2.99. The number of carbonyl (C=O) groups excluding carboxylic acids is 2. The number of aliphatic hydroxyl groups is 1. The highest BCUT2D eigenvalue weighted by Crippen LogP contribution is 2.10. The summed E-state index contributed by atoms with van der Waals surface area (Å²) in [5.74, 6) is -0.665. The second-order valence-electron chi connectivity index (χ2n) is 7.71. The number of aliphatic hydroxyl groups excluding tert-OH is 1. The van der Waals surface area contributed by atoms with E-state index in [0.29, 0.717) is 19.3 Å². The van der Waals surface area contributed by atoms with Crippen LogP contribution in [-0.4, -0.2) is 36.4 Å². The molecule has 5 nitrogen and oxygen atoms in total. The molecule has 0 aromatic heterocycles. The summed E-state index contributed by atoms with van der Waals surface area (Å²) in [7, 11) is 0. The van der Waals surface area contributed by atoms with Crippen LogP contribution < -0.4 is 0 Å². The maximum absolute atomic E-state index is 11.8. The SMILES string of the molecule is CCCCCCC/C=C\CCCCCCCC(=O)OC(CO)COC(=O)CCC. The van der Waals surface area contributed by atoms with E-state index in [9.17, 15) is 14.7 Å². The lowest BCUT2D eigenvalue weighted by Gasteiger charge is -2.15. The summed E-state index contributed by atoms with van der Waals surface area (Å²) >= 11 is 0. The molecule has 1 unspecified atom stereocenters. The van der Waals surface area contributed by atoms with Crippen molar-refractivity contribution in [2.75, 3.05) is 13.2 Å². The van der Waals surface area contributed by atoms with E-state index < -0.39 is 6.10 Å². The molecule has 1 atom stereocenters. The highest BCUT2D eigenvalue weighted by Gasteiger charge is 2.15. The third kappa shape index (κ3) is 19.7. The minimum Gasteiger partial charge on any atom is -0.462 e. The Morgan fingerprint density at radius 2 is 1.34 bits per heavy atom. The maximum atomic E-state index is 11.8. The topological polar surface area (TPSA) is 72.8 Å². The molecule has 5 heteroatoms. The third-order valence-corrected chi connectivity index (χ3v) is 4.78. The molecule has 0 fully saturated rings. The number of carbonyl (C=O) groups is 2. The van der Waals surface area contributed by atoms with E-state index in [1.54, 1.807) is 0 Å². The number of ether oxygens (including phenoxy) is 2. The van der Waals surface area contributed by atoms with Gasteiger partial charge in [-0.1, -0.05) is 70.9 Å². The molecule has 0 heterocycles. The van der Waals surface area contributed by atoms with Gasteiger partial charge in [-0.3, -0.25) is 9.59 Å². The van der Waals surface area contributed by atoms with Gasteiger partial charge in [-0.25, -0.2) is 0 Å². The molecule has 0 aliphatic heterocycles. The van der Waals surface area contributed by atoms with E-state index in [4.69, 9.17) is 9.47 Å². The van der Waals surface area contributed by atoms with Gasteiger partial charge in [0.15, 0.2) is 6.10 Å². The summed E-state index contributed by atoms with van der Waals surface area (Å²) in [5, 5.41) is 9.24. The quantitative estimate of drug-likeness (QED) is 0.153. The van der Waals surface area contributed by atoms with Gasteiger partial charge in [0.25, 0.3) is 0 Å². The van der Waals surface area contributed by atoms with Crippen molar-refractivity contribution in [2.24, 2.45) is 0 Å². The molecule has 0 rings (SSSR count). The first-order valence-corrected chi connectivity index (χ1v) is 11.7. The molecule has 0 bridgehead atoms. The van der Waals surface area contributed by atoms with Crippen LogP contribution in [0.25, 0.3) is 0 Å². The zero-order valence-electron chi connectivity index (χ0n) is 18.8. The van der Waals surface area contributed by atoms with Crippen LogP contribution in [-0.2, 0) is 19.1 Å². The van der Waals surface area contributed by atoms with Gasteiger partial charge in [-0.05, 0) is 38.5 Å². The van der Waals surface area contributed by atoms with Crippen LogP contribution >= 0.6 is 0 Å². The van der Waals surface area contributed by atoms with E-state index in [-0.39, 0.29) is 25.2 Å². The van der Waals surface area contributed by atoms with Crippen LogP contribution in [0.15, 0.2) is 12.2 Å². The average Bonchev–Trinajstić information content (AvgIpc) is 2.71. The predicted molar refractivity (Wildman–Crippen MR) is 118 cm³/mol. The van der Waals surface area contributed by atoms with Crippen molar-refractivity contribution in [1.29, 1.82) is 0 Å². The van der Waals surface area contributed by atoms with Gasteiger partial charge in [0.1, 0.15) is 6.61 Å². The van der Waals surface area contributed by atoms with E-state index in [1.165, 1.54) is 51.4 Å². The van der Waals surface area contributed by atoms with E-state index in [1.807, 2.05) is 6.92 Å². The Hall–Kier alpha value is -1.36. The molecule has 0 saturated carbocycles. The molecular formula is C24H44O5. The Bertz CT molecular complexity index is 419. The van der Waals surface area contributed by atoms with E-state index in [2.05, 4.69) is 19.1 Å². The van der Waals surface area contributed by atoms with Crippen LogP contribution in [0.3, 0.4) is 0 Å². The summed E-state index contributed by atoms with van der Waals surface area (Å²) in [4.78, 5) is 23.1. The second kappa shape index (κ2) is 21.4. The number of unbranched alkanes of at least 4 members (excludes halogenated alkanes) is 10. The third-order valence-electron chi connectivity index (χ3n) is 4.78. The second-order valence-corrected chi connectivity index (χ2v) is 7.71. The molecule has 0 aliphatic carbocycles. The van der Waals surface area contributed by atoms with Crippen molar-refractivity contribution in [3.63, 3.8) is 0 Å². The van der Waals surface area contributed by atoms with Crippen LogP contribution in [0.1, 0.15) is 110 Å². The summed E-state index contributed by atoms with van der Waals surface area (Å²) in [6.07, 6.45) is 19.6. The molecule has 0 amide bonds. The van der Waals surface area contributed by atoms with E-state index >= 15 is 0 Å². The zero-order valence-corrected chi connectivity index (χ0v) is 18.8. The van der Waals surface area contributed by atoms with Gasteiger partial charge >= 0.3 is 11.9 Å². The molecule has 0 aromatic rings. The predicted octanol–water partition coefficient (Wildman–Crippen LogP) is 5.88. The van der Waals surface area contributed by atoms with Gasteiger partial charge in [0, 0.05) is 12.8 Å². The minimum atomic E-state index is -0.762. The number of allylic oxidation sites excluding steroid dienone is 2.